The highest BCUT2D eigenvalue weighted by molar-refractivity contribution is 6.30. The van der Waals surface area contributed by atoms with Crippen molar-refractivity contribution in [2.75, 3.05) is 37.6 Å². The lowest BCUT2D eigenvalue weighted by Gasteiger charge is -2.35. The molecule has 4 heterocycles. The number of hydrazine groups is 1. The first-order valence-electron chi connectivity index (χ1n) is 10.6. The van der Waals surface area contributed by atoms with Gasteiger partial charge in [0.2, 0.25) is 5.91 Å². The van der Waals surface area contributed by atoms with E-state index in [1.807, 2.05) is 18.2 Å². The van der Waals surface area contributed by atoms with Crippen molar-refractivity contribution in [1.29, 1.82) is 0 Å². The number of benzene rings is 1. The van der Waals surface area contributed by atoms with E-state index in [-0.39, 0.29) is 24.1 Å². The number of carbonyl (C=O) groups excluding carboxylic acids is 4. The molecule has 2 aromatic rings. The van der Waals surface area contributed by atoms with Crippen LogP contribution in [0.2, 0.25) is 5.02 Å². The van der Waals surface area contributed by atoms with Crippen LogP contribution in [0.5, 0.6) is 0 Å². The molecule has 0 bridgehead atoms. The average Bonchev–Trinajstić information content (AvgIpc) is 3.05. The number of urea groups is 1. The molecule has 2 fully saturated rings. The van der Waals surface area contributed by atoms with E-state index in [1.54, 1.807) is 18.3 Å². The van der Waals surface area contributed by atoms with Crippen molar-refractivity contribution >= 4 is 41.2 Å². The van der Waals surface area contributed by atoms with E-state index in [2.05, 4.69) is 20.1 Å². The van der Waals surface area contributed by atoms with Gasteiger partial charge in [0.1, 0.15) is 5.82 Å². The standard InChI is InChI=1S/C22H21ClN6O4/c23-15-2-4-18(24-12-15)27-9-7-26(8-10-27)13-14-1-3-16-17(11-14)21(32)29(20(16)31)28-6-5-19(30)25-22(28)33/h1-4,11-12H,5-10,13H2,(H,25,30,33). The maximum atomic E-state index is 13.0. The summed E-state index contributed by atoms with van der Waals surface area (Å²) in [6.45, 7) is 3.89. The highest BCUT2D eigenvalue weighted by Crippen LogP contribution is 2.27. The summed E-state index contributed by atoms with van der Waals surface area (Å²) in [6.07, 6.45) is 1.67. The smallest absolute Gasteiger partial charge is 0.343 e. The summed E-state index contributed by atoms with van der Waals surface area (Å²) in [5.41, 5.74) is 1.44. The number of hydrogen-bond acceptors (Lipinski definition) is 7. The van der Waals surface area contributed by atoms with Crippen LogP contribution in [0.1, 0.15) is 32.7 Å². The lowest BCUT2D eigenvalue weighted by atomic mass is 10.1. The molecular weight excluding hydrogens is 448 g/mol. The van der Waals surface area contributed by atoms with Crippen LogP contribution in [0.3, 0.4) is 0 Å². The van der Waals surface area contributed by atoms with Crippen molar-refractivity contribution < 1.29 is 19.2 Å². The number of nitrogens with one attached hydrogen (secondary N) is 1. The Hall–Kier alpha value is -3.50. The average molecular weight is 469 g/mol. The van der Waals surface area contributed by atoms with Gasteiger partial charge in [-0.25, -0.2) is 14.8 Å². The first kappa shape index (κ1) is 21.4. The molecule has 0 aliphatic carbocycles. The van der Waals surface area contributed by atoms with Gasteiger partial charge >= 0.3 is 6.03 Å². The third kappa shape index (κ3) is 4.03. The fourth-order valence-electron chi connectivity index (χ4n) is 4.29. The van der Waals surface area contributed by atoms with Crippen molar-refractivity contribution in [2.45, 2.75) is 13.0 Å². The van der Waals surface area contributed by atoms with Crippen molar-refractivity contribution in [3.05, 3.63) is 58.2 Å². The van der Waals surface area contributed by atoms with Crippen molar-refractivity contribution in [3.8, 4) is 0 Å². The van der Waals surface area contributed by atoms with E-state index in [9.17, 15) is 19.2 Å². The van der Waals surface area contributed by atoms with Gasteiger partial charge in [0.05, 0.1) is 22.7 Å². The monoisotopic (exact) mass is 468 g/mol. The summed E-state index contributed by atoms with van der Waals surface area (Å²) >= 11 is 5.92. The summed E-state index contributed by atoms with van der Waals surface area (Å²) in [7, 11) is 0. The molecule has 0 radical (unpaired) electrons. The summed E-state index contributed by atoms with van der Waals surface area (Å²) in [6, 6.07) is 8.15. The molecule has 1 aromatic carbocycles. The quantitative estimate of drug-likeness (QED) is 0.678. The molecule has 10 nitrogen and oxygen atoms in total. The number of hydrogen-bond donors (Lipinski definition) is 1. The van der Waals surface area contributed by atoms with Gasteiger partial charge in [0.15, 0.2) is 0 Å². The zero-order valence-electron chi connectivity index (χ0n) is 17.7. The molecule has 11 heteroatoms. The molecule has 0 unspecified atom stereocenters. The van der Waals surface area contributed by atoms with E-state index in [0.29, 0.717) is 11.6 Å². The number of anilines is 1. The number of carbonyl (C=O) groups is 4. The molecule has 2 saturated heterocycles. The number of nitrogens with zero attached hydrogens (tertiary/aromatic N) is 5. The molecule has 5 rings (SSSR count). The topological polar surface area (TPSA) is 106 Å². The Kier molecular flexibility index (Phi) is 5.47. The Labute approximate surface area is 194 Å². The first-order valence-corrected chi connectivity index (χ1v) is 11.0. The second kappa shape index (κ2) is 8.45. The minimum atomic E-state index is -0.769. The number of aromatic nitrogens is 1. The predicted octanol–water partition coefficient (Wildman–Crippen LogP) is 1.51. The van der Waals surface area contributed by atoms with Gasteiger partial charge in [-0.3, -0.25) is 24.6 Å². The van der Waals surface area contributed by atoms with E-state index >= 15 is 0 Å². The maximum absolute atomic E-state index is 13.0. The van der Waals surface area contributed by atoms with Crippen LogP contribution < -0.4 is 10.2 Å². The van der Waals surface area contributed by atoms with Gasteiger partial charge in [-0.1, -0.05) is 17.7 Å². The van der Waals surface area contributed by atoms with Crippen LogP contribution in [-0.4, -0.2) is 76.4 Å². The molecule has 3 aliphatic rings. The Balaban J connectivity index is 1.25. The molecule has 1 aromatic heterocycles. The first-order chi connectivity index (χ1) is 15.9. The fraction of sp³-hybridized carbons (Fsp3) is 0.318. The molecule has 170 valence electrons. The van der Waals surface area contributed by atoms with Crippen LogP contribution in [0.4, 0.5) is 10.6 Å². The summed E-state index contributed by atoms with van der Waals surface area (Å²) in [5, 5.41) is 4.57. The fourth-order valence-corrected chi connectivity index (χ4v) is 4.40. The number of halogens is 1. The zero-order chi connectivity index (χ0) is 23.1. The number of fused-ring (bicyclic) bond motifs is 1. The van der Waals surface area contributed by atoms with E-state index in [0.717, 1.165) is 47.6 Å². The number of imide groups is 2. The van der Waals surface area contributed by atoms with Gasteiger partial charge in [0.25, 0.3) is 11.8 Å². The van der Waals surface area contributed by atoms with Crippen LogP contribution >= 0.6 is 11.6 Å². The van der Waals surface area contributed by atoms with E-state index in [4.69, 9.17) is 11.6 Å². The van der Waals surface area contributed by atoms with Gasteiger partial charge in [0, 0.05) is 45.3 Å². The minimum Gasteiger partial charge on any atom is -0.354 e. The molecule has 0 atom stereocenters. The molecule has 0 saturated carbocycles. The predicted molar refractivity (Wildman–Crippen MR) is 119 cm³/mol. The second-order valence-electron chi connectivity index (χ2n) is 8.13. The number of amides is 5. The second-order valence-corrected chi connectivity index (χ2v) is 8.56. The van der Waals surface area contributed by atoms with Gasteiger partial charge < -0.3 is 4.90 Å². The molecule has 33 heavy (non-hydrogen) atoms. The van der Waals surface area contributed by atoms with E-state index < -0.39 is 23.8 Å². The number of rotatable bonds is 4. The van der Waals surface area contributed by atoms with Crippen molar-refractivity contribution in [2.24, 2.45) is 0 Å². The minimum absolute atomic E-state index is 0.0181. The van der Waals surface area contributed by atoms with Crippen LogP contribution in [0.15, 0.2) is 36.5 Å². The number of piperazine rings is 1. The third-order valence-electron chi connectivity index (χ3n) is 6.02. The van der Waals surface area contributed by atoms with Crippen LogP contribution in [0.25, 0.3) is 0 Å². The normalized spacial score (nSPS) is 19.2. The molecule has 3 aliphatic heterocycles. The molecular formula is C22H21ClN6O4. The Morgan fingerprint density at radius 2 is 1.67 bits per heavy atom. The number of pyridine rings is 1. The highest BCUT2D eigenvalue weighted by atomic mass is 35.5. The van der Waals surface area contributed by atoms with Crippen molar-refractivity contribution in [3.63, 3.8) is 0 Å². The van der Waals surface area contributed by atoms with Crippen LogP contribution in [0, 0.1) is 0 Å². The summed E-state index contributed by atoms with van der Waals surface area (Å²) < 4.78 is 0. The molecule has 1 N–H and O–H groups in total. The largest absolute Gasteiger partial charge is 0.354 e. The molecule has 5 amide bonds. The van der Waals surface area contributed by atoms with Crippen molar-refractivity contribution in [1.82, 2.24) is 25.2 Å². The van der Waals surface area contributed by atoms with Crippen LogP contribution in [-0.2, 0) is 11.3 Å². The lowest BCUT2D eigenvalue weighted by molar-refractivity contribution is -0.122. The zero-order valence-corrected chi connectivity index (χ0v) is 18.4. The van der Waals surface area contributed by atoms with Gasteiger partial charge in [-0.15, -0.1) is 0 Å². The van der Waals surface area contributed by atoms with Gasteiger partial charge in [-0.05, 0) is 29.8 Å². The van der Waals surface area contributed by atoms with E-state index in [1.165, 1.54) is 0 Å². The van der Waals surface area contributed by atoms with Gasteiger partial charge in [-0.2, -0.15) is 5.01 Å². The highest BCUT2D eigenvalue weighted by Gasteiger charge is 2.43. The summed E-state index contributed by atoms with van der Waals surface area (Å²) in [5.74, 6) is -0.651. The molecule has 0 spiro atoms. The lowest BCUT2D eigenvalue weighted by Crippen LogP contribution is -2.58. The summed E-state index contributed by atoms with van der Waals surface area (Å²) in [4.78, 5) is 58.1. The Morgan fingerprint density at radius 3 is 2.36 bits per heavy atom. The Bertz CT molecular complexity index is 1150. The Morgan fingerprint density at radius 1 is 0.909 bits per heavy atom. The SMILES string of the molecule is O=C1CCN(N2C(=O)c3ccc(CN4CCN(c5ccc(Cl)cn5)CC4)cc3C2=O)C(=O)N1. The maximum Gasteiger partial charge on any atom is 0.343 e. The third-order valence-corrected chi connectivity index (χ3v) is 6.24.